The standard InChI is InChI=1S/C15H21NO3/c1-18-15(17)9-13-6-2-3-7-14(13)19-11-12-5-4-8-16-10-12/h2-3,6-7,12,16H,4-5,8-11H2,1H3. The number of carbonyl (C=O) groups excluding carboxylic acids is 1. The minimum absolute atomic E-state index is 0.240. The van der Waals surface area contributed by atoms with E-state index in [1.807, 2.05) is 24.3 Å². The monoisotopic (exact) mass is 263 g/mol. The SMILES string of the molecule is COC(=O)Cc1ccccc1OCC1CCCNC1. The first-order chi connectivity index (χ1) is 9.29. The molecule has 1 atom stereocenters. The summed E-state index contributed by atoms with van der Waals surface area (Å²) in [7, 11) is 1.40. The maximum atomic E-state index is 11.4. The summed E-state index contributed by atoms with van der Waals surface area (Å²) in [4.78, 5) is 11.4. The van der Waals surface area contributed by atoms with Crippen molar-refractivity contribution >= 4 is 5.97 Å². The molecule has 0 aliphatic carbocycles. The van der Waals surface area contributed by atoms with Gasteiger partial charge in [-0.1, -0.05) is 18.2 Å². The average molecular weight is 263 g/mol. The third kappa shape index (κ3) is 4.24. The van der Waals surface area contributed by atoms with Gasteiger partial charge in [-0.15, -0.1) is 0 Å². The number of hydrogen-bond acceptors (Lipinski definition) is 4. The van der Waals surface area contributed by atoms with Gasteiger partial charge in [0.15, 0.2) is 0 Å². The Bertz CT molecular complexity index is 414. The molecule has 1 aromatic rings. The van der Waals surface area contributed by atoms with Crippen LogP contribution in [0.25, 0.3) is 0 Å². The number of hydrogen-bond donors (Lipinski definition) is 1. The van der Waals surface area contributed by atoms with Crippen molar-refractivity contribution in [1.82, 2.24) is 5.32 Å². The molecular formula is C15H21NO3. The number of carbonyl (C=O) groups is 1. The third-order valence-corrected chi connectivity index (χ3v) is 3.41. The lowest BCUT2D eigenvalue weighted by Crippen LogP contribution is -2.33. The van der Waals surface area contributed by atoms with Gasteiger partial charge in [0.2, 0.25) is 0 Å². The normalized spacial score (nSPS) is 18.9. The summed E-state index contributed by atoms with van der Waals surface area (Å²) in [5.41, 5.74) is 0.887. The highest BCUT2D eigenvalue weighted by Crippen LogP contribution is 2.21. The Morgan fingerprint density at radius 1 is 1.42 bits per heavy atom. The van der Waals surface area contributed by atoms with Gasteiger partial charge >= 0.3 is 5.97 Å². The van der Waals surface area contributed by atoms with Gasteiger partial charge < -0.3 is 14.8 Å². The first-order valence-corrected chi connectivity index (χ1v) is 6.78. The van der Waals surface area contributed by atoms with Crippen molar-refractivity contribution < 1.29 is 14.3 Å². The molecule has 0 aromatic heterocycles. The molecule has 1 saturated heterocycles. The first-order valence-electron chi connectivity index (χ1n) is 6.78. The van der Waals surface area contributed by atoms with Crippen LogP contribution in [-0.2, 0) is 16.0 Å². The molecule has 4 nitrogen and oxygen atoms in total. The molecule has 0 saturated carbocycles. The Labute approximate surface area is 114 Å². The summed E-state index contributed by atoms with van der Waals surface area (Å²) >= 11 is 0. The predicted molar refractivity (Wildman–Crippen MR) is 73.3 cm³/mol. The van der Waals surface area contributed by atoms with Gasteiger partial charge in [-0.2, -0.15) is 0 Å². The smallest absolute Gasteiger partial charge is 0.310 e. The molecule has 0 bridgehead atoms. The minimum atomic E-state index is -0.240. The Balaban J connectivity index is 1.93. The number of piperidine rings is 1. The molecule has 0 radical (unpaired) electrons. The number of benzene rings is 1. The van der Waals surface area contributed by atoms with Crippen molar-refractivity contribution in [2.75, 3.05) is 26.8 Å². The van der Waals surface area contributed by atoms with E-state index in [4.69, 9.17) is 9.47 Å². The van der Waals surface area contributed by atoms with Crippen LogP contribution < -0.4 is 10.1 Å². The van der Waals surface area contributed by atoms with E-state index in [0.717, 1.165) is 24.4 Å². The maximum Gasteiger partial charge on any atom is 0.310 e. The van der Waals surface area contributed by atoms with E-state index in [1.54, 1.807) is 0 Å². The number of nitrogens with one attached hydrogen (secondary N) is 1. The maximum absolute atomic E-state index is 11.4. The minimum Gasteiger partial charge on any atom is -0.493 e. The Morgan fingerprint density at radius 2 is 2.26 bits per heavy atom. The highest BCUT2D eigenvalue weighted by atomic mass is 16.5. The molecule has 0 amide bonds. The lowest BCUT2D eigenvalue weighted by atomic mass is 10.0. The van der Waals surface area contributed by atoms with Crippen LogP contribution in [0.4, 0.5) is 0 Å². The molecule has 4 heteroatoms. The van der Waals surface area contributed by atoms with E-state index in [-0.39, 0.29) is 12.4 Å². The summed E-state index contributed by atoms with van der Waals surface area (Å²) in [6.07, 6.45) is 2.67. The zero-order valence-corrected chi connectivity index (χ0v) is 11.4. The van der Waals surface area contributed by atoms with Gasteiger partial charge in [-0.3, -0.25) is 4.79 Å². The topological polar surface area (TPSA) is 47.6 Å². The fraction of sp³-hybridized carbons (Fsp3) is 0.533. The molecule has 19 heavy (non-hydrogen) atoms. The largest absolute Gasteiger partial charge is 0.493 e. The quantitative estimate of drug-likeness (QED) is 0.823. The third-order valence-electron chi connectivity index (χ3n) is 3.41. The molecule has 1 aliphatic heterocycles. The van der Waals surface area contributed by atoms with Crippen LogP contribution in [0.1, 0.15) is 18.4 Å². The van der Waals surface area contributed by atoms with Gasteiger partial charge in [-0.25, -0.2) is 0 Å². The van der Waals surface area contributed by atoms with Gasteiger partial charge in [0.25, 0.3) is 0 Å². The van der Waals surface area contributed by atoms with Crippen LogP contribution in [0.3, 0.4) is 0 Å². The predicted octanol–water partition coefficient (Wildman–Crippen LogP) is 1.78. The number of methoxy groups -OCH3 is 1. The van der Waals surface area contributed by atoms with Crippen molar-refractivity contribution in [3.8, 4) is 5.75 Å². The highest BCUT2D eigenvalue weighted by Gasteiger charge is 2.15. The van der Waals surface area contributed by atoms with Crippen LogP contribution in [0.2, 0.25) is 0 Å². The second kappa shape index (κ2) is 7.14. The van der Waals surface area contributed by atoms with E-state index in [1.165, 1.54) is 20.0 Å². The van der Waals surface area contributed by atoms with E-state index in [2.05, 4.69) is 5.32 Å². The van der Waals surface area contributed by atoms with Gasteiger partial charge in [0.05, 0.1) is 20.1 Å². The highest BCUT2D eigenvalue weighted by molar-refractivity contribution is 5.73. The van der Waals surface area contributed by atoms with Crippen molar-refractivity contribution in [2.24, 2.45) is 5.92 Å². The Kier molecular flexibility index (Phi) is 5.21. The molecule has 1 aliphatic rings. The molecule has 1 aromatic carbocycles. The van der Waals surface area contributed by atoms with E-state index in [9.17, 15) is 4.79 Å². The number of ether oxygens (including phenoxy) is 2. The molecule has 2 rings (SSSR count). The summed E-state index contributed by atoms with van der Waals surface area (Å²) in [5, 5.41) is 3.37. The molecule has 1 N–H and O–H groups in total. The molecular weight excluding hydrogens is 242 g/mol. The first kappa shape index (κ1) is 13.9. The summed E-state index contributed by atoms with van der Waals surface area (Å²) in [5.74, 6) is 1.11. The number of para-hydroxylation sites is 1. The average Bonchev–Trinajstić information content (AvgIpc) is 2.47. The number of rotatable bonds is 5. The van der Waals surface area contributed by atoms with Crippen molar-refractivity contribution in [1.29, 1.82) is 0 Å². The van der Waals surface area contributed by atoms with Crippen molar-refractivity contribution in [2.45, 2.75) is 19.3 Å². The fourth-order valence-corrected chi connectivity index (χ4v) is 2.29. The van der Waals surface area contributed by atoms with E-state index < -0.39 is 0 Å². The molecule has 104 valence electrons. The zero-order valence-electron chi connectivity index (χ0n) is 11.4. The van der Waals surface area contributed by atoms with E-state index in [0.29, 0.717) is 12.5 Å². The zero-order chi connectivity index (χ0) is 13.5. The van der Waals surface area contributed by atoms with Crippen molar-refractivity contribution in [3.05, 3.63) is 29.8 Å². The molecule has 1 heterocycles. The summed E-state index contributed by atoms with van der Waals surface area (Å²) in [6.45, 7) is 2.82. The Hall–Kier alpha value is -1.55. The summed E-state index contributed by atoms with van der Waals surface area (Å²) in [6, 6.07) is 7.66. The van der Waals surface area contributed by atoms with Crippen LogP contribution in [0, 0.1) is 5.92 Å². The second-order valence-corrected chi connectivity index (χ2v) is 4.88. The van der Waals surface area contributed by atoms with Gasteiger partial charge in [0.1, 0.15) is 5.75 Å². The van der Waals surface area contributed by atoms with Crippen LogP contribution in [0.5, 0.6) is 5.75 Å². The van der Waals surface area contributed by atoms with Crippen molar-refractivity contribution in [3.63, 3.8) is 0 Å². The van der Waals surface area contributed by atoms with Crippen LogP contribution in [-0.4, -0.2) is 32.8 Å². The molecule has 1 unspecified atom stereocenters. The summed E-state index contributed by atoms with van der Waals surface area (Å²) < 4.78 is 10.6. The lowest BCUT2D eigenvalue weighted by Gasteiger charge is -2.23. The molecule has 0 spiro atoms. The number of esters is 1. The van der Waals surface area contributed by atoms with Crippen LogP contribution in [0.15, 0.2) is 24.3 Å². The lowest BCUT2D eigenvalue weighted by molar-refractivity contribution is -0.139. The van der Waals surface area contributed by atoms with E-state index >= 15 is 0 Å². The van der Waals surface area contributed by atoms with Gasteiger partial charge in [0, 0.05) is 18.0 Å². The van der Waals surface area contributed by atoms with Crippen LogP contribution >= 0.6 is 0 Å². The Morgan fingerprint density at radius 3 is 3.00 bits per heavy atom. The fourth-order valence-electron chi connectivity index (χ4n) is 2.29. The molecule has 1 fully saturated rings. The second-order valence-electron chi connectivity index (χ2n) is 4.88. The van der Waals surface area contributed by atoms with Gasteiger partial charge in [-0.05, 0) is 25.5 Å².